The second kappa shape index (κ2) is 1.59. The predicted octanol–water partition coefficient (Wildman–Crippen LogP) is 1.96. The monoisotopic (exact) mass is 144 g/mol. The summed E-state index contributed by atoms with van der Waals surface area (Å²) in [7, 11) is 0. The second-order valence-electron chi connectivity index (χ2n) is 2.12. The van der Waals surface area contributed by atoms with E-state index in [1.807, 2.05) is 0 Å². The summed E-state index contributed by atoms with van der Waals surface area (Å²) in [6.45, 7) is -0.729. The Morgan fingerprint density at radius 2 is 1.78 bits per heavy atom. The largest absolute Gasteiger partial charge is 0.461 e. The first-order valence-corrected chi connectivity index (χ1v) is 2.61. The zero-order valence-electron chi connectivity index (χ0n) is 4.58. The summed E-state index contributed by atoms with van der Waals surface area (Å²) in [4.78, 5) is -3.13. The first-order valence-electron chi connectivity index (χ1n) is 2.61. The van der Waals surface area contributed by atoms with E-state index in [0.717, 1.165) is 0 Å². The number of hydrogen-bond acceptors (Lipinski definition) is 0. The van der Waals surface area contributed by atoms with E-state index in [4.69, 9.17) is 0 Å². The molecule has 1 aliphatic rings. The van der Waals surface area contributed by atoms with Crippen LogP contribution in [0.25, 0.3) is 0 Å². The molecule has 0 aromatic carbocycles. The van der Waals surface area contributed by atoms with Gasteiger partial charge in [-0.15, -0.1) is 8.78 Å². The van der Waals surface area contributed by atoms with Crippen LogP contribution < -0.4 is 0 Å². The highest BCUT2D eigenvalue weighted by Gasteiger charge is 2.63. The molecule has 1 nitrogen and oxygen atoms in total. The molecule has 0 amide bonds. The van der Waals surface area contributed by atoms with Crippen molar-refractivity contribution < 1.29 is 22.7 Å². The van der Waals surface area contributed by atoms with Crippen LogP contribution in [0.4, 0.5) is 17.7 Å². The molecule has 1 rings (SSSR count). The van der Waals surface area contributed by atoms with Crippen LogP contribution in [0.3, 0.4) is 0 Å². The van der Waals surface area contributed by atoms with Gasteiger partial charge in [0.25, 0.3) is 0 Å². The van der Waals surface area contributed by atoms with E-state index in [9.17, 15) is 17.7 Å². The molecule has 5 heteroatoms. The third-order valence-corrected chi connectivity index (χ3v) is 1.40. The maximum absolute atomic E-state index is 11.9. The topological polar surface area (TPSA) is 0 Å². The molecule has 1 heterocycles. The predicted molar refractivity (Wildman–Crippen MR) is 21.5 cm³/mol. The summed E-state index contributed by atoms with van der Waals surface area (Å²) in [6, 6.07) is -3.81. The van der Waals surface area contributed by atoms with Crippen LogP contribution in [0.15, 0.2) is 0 Å². The molecule has 0 aromatic rings. The minimum absolute atomic E-state index is 0.0972. The van der Waals surface area contributed by atoms with E-state index >= 15 is 0 Å². The van der Waals surface area contributed by atoms with Gasteiger partial charge in [0.2, 0.25) is 0 Å². The number of rotatable bonds is 0. The summed E-state index contributed by atoms with van der Waals surface area (Å²) in [5, 5.41) is 0. The van der Waals surface area contributed by atoms with Gasteiger partial charge in [-0.05, 0) is 0 Å². The highest BCUT2D eigenvalue weighted by Crippen LogP contribution is 2.40. The third-order valence-electron chi connectivity index (χ3n) is 1.40. The second-order valence-corrected chi connectivity index (χ2v) is 2.12. The molecular weight excluding hydrogens is 138 g/mol. The van der Waals surface area contributed by atoms with Crippen molar-refractivity contribution in [3.63, 3.8) is 0 Å². The van der Waals surface area contributed by atoms with Crippen molar-refractivity contribution in [2.24, 2.45) is 0 Å². The van der Waals surface area contributed by atoms with Crippen LogP contribution >= 0.6 is 0 Å². The van der Waals surface area contributed by atoms with Gasteiger partial charge in [0.15, 0.2) is 6.54 Å². The zero-order chi connectivity index (χ0) is 7.12. The maximum Gasteiger partial charge on any atom is 0.461 e. The molecule has 54 valence electrons. The van der Waals surface area contributed by atoms with Crippen LogP contribution in [0, 0.1) is 0 Å². The fourth-order valence-electron chi connectivity index (χ4n) is 0.817. The Balaban J connectivity index is 2.75. The van der Waals surface area contributed by atoms with Gasteiger partial charge in [0, 0.05) is 15.4 Å². The Morgan fingerprint density at radius 1 is 1.22 bits per heavy atom. The fourth-order valence-corrected chi connectivity index (χ4v) is 0.817. The summed E-state index contributed by atoms with van der Waals surface area (Å²) < 4.78 is 47.7. The van der Waals surface area contributed by atoms with Gasteiger partial charge in [-0.3, -0.25) is 0 Å². The Morgan fingerprint density at radius 3 is 1.89 bits per heavy atom. The summed E-state index contributed by atoms with van der Waals surface area (Å²) in [5.74, 6) is 0. The Kier molecular flexibility index (Phi) is 1.20. The molecule has 0 unspecified atom stereocenters. The van der Waals surface area contributed by atoms with Gasteiger partial charge in [-0.1, -0.05) is 0 Å². The molecular formula is C4H6F4N+. The lowest BCUT2D eigenvalue weighted by Crippen LogP contribution is -2.41. The standard InChI is InChI=1S/C4H6F4N/c5-4(6)2-1-3-9(4,7)8/h1-3H2/q+1. The Hall–Kier alpha value is -0.320. The third kappa shape index (κ3) is 0.891. The Bertz CT molecular complexity index is 108. The van der Waals surface area contributed by atoms with E-state index in [2.05, 4.69) is 0 Å². The number of hydrogen-bond donors (Lipinski definition) is 0. The highest BCUT2D eigenvalue weighted by atomic mass is 19.4. The van der Waals surface area contributed by atoms with E-state index in [-0.39, 0.29) is 6.42 Å². The molecule has 1 saturated heterocycles. The van der Waals surface area contributed by atoms with Crippen LogP contribution in [-0.4, -0.2) is 17.5 Å². The van der Waals surface area contributed by atoms with Gasteiger partial charge in [0.1, 0.15) is 4.93 Å². The van der Waals surface area contributed by atoms with Crippen LogP contribution in [0.2, 0.25) is 0 Å². The van der Waals surface area contributed by atoms with Gasteiger partial charge < -0.3 is 0 Å². The fraction of sp³-hybridized carbons (Fsp3) is 1.00. The van der Waals surface area contributed by atoms with Gasteiger partial charge in [-0.25, -0.2) is 0 Å². The minimum atomic E-state index is -3.81. The van der Waals surface area contributed by atoms with Crippen molar-refractivity contribution in [3.05, 3.63) is 0 Å². The van der Waals surface area contributed by atoms with E-state index < -0.39 is 23.9 Å². The van der Waals surface area contributed by atoms with Gasteiger partial charge >= 0.3 is 6.05 Å². The first-order chi connectivity index (χ1) is 3.96. The molecule has 0 aromatic heterocycles. The lowest BCUT2D eigenvalue weighted by atomic mass is 10.4. The molecule has 0 saturated carbocycles. The number of quaternary nitrogens is 1. The number of halogens is 4. The molecule has 1 aliphatic heterocycles. The lowest BCUT2D eigenvalue weighted by molar-refractivity contribution is -1.21. The molecule has 0 aliphatic carbocycles. The molecule has 1 fully saturated rings. The van der Waals surface area contributed by atoms with Crippen molar-refractivity contribution in [1.82, 2.24) is 0 Å². The smallest absolute Gasteiger partial charge is 0.142 e. The zero-order valence-corrected chi connectivity index (χ0v) is 4.58. The normalized spacial score (nSPS) is 30.7. The number of alkyl halides is 2. The van der Waals surface area contributed by atoms with Crippen molar-refractivity contribution in [1.29, 1.82) is 0 Å². The van der Waals surface area contributed by atoms with E-state index in [1.165, 1.54) is 0 Å². The van der Waals surface area contributed by atoms with Gasteiger partial charge in [-0.2, -0.15) is 0 Å². The Labute approximate surface area is 49.3 Å². The molecule has 0 N–H and O–H groups in total. The average Bonchev–Trinajstić information content (AvgIpc) is 1.81. The van der Waals surface area contributed by atoms with E-state index in [0.29, 0.717) is 0 Å². The summed E-state index contributed by atoms with van der Waals surface area (Å²) >= 11 is 0. The molecule has 0 bridgehead atoms. The number of nitrogens with zero attached hydrogens (tertiary/aromatic N) is 1. The highest BCUT2D eigenvalue weighted by molar-refractivity contribution is 4.57. The molecule has 0 radical (unpaired) electrons. The van der Waals surface area contributed by atoms with E-state index in [1.54, 1.807) is 0 Å². The molecule has 0 atom stereocenters. The average molecular weight is 144 g/mol. The minimum Gasteiger partial charge on any atom is -0.142 e. The molecule has 9 heavy (non-hydrogen) atoms. The van der Waals surface area contributed by atoms with Crippen molar-refractivity contribution >= 4 is 0 Å². The summed E-state index contributed by atoms with van der Waals surface area (Å²) in [6.07, 6.45) is -0.792. The maximum atomic E-state index is 11.9. The first kappa shape index (κ1) is 6.80. The SMILES string of the molecule is FC1(F)CCC[N+]1(F)F. The lowest BCUT2D eigenvalue weighted by Gasteiger charge is -2.12. The summed E-state index contributed by atoms with van der Waals surface area (Å²) in [5.41, 5.74) is 0. The molecule has 0 spiro atoms. The van der Waals surface area contributed by atoms with Gasteiger partial charge in [0.05, 0.1) is 6.42 Å². The van der Waals surface area contributed by atoms with Crippen LogP contribution in [0.5, 0.6) is 0 Å². The van der Waals surface area contributed by atoms with Crippen LogP contribution in [0.1, 0.15) is 12.8 Å². The van der Waals surface area contributed by atoms with Crippen molar-refractivity contribution in [3.8, 4) is 0 Å². The quantitative estimate of drug-likeness (QED) is 0.277. The van der Waals surface area contributed by atoms with Crippen molar-refractivity contribution in [2.45, 2.75) is 18.9 Å². The van der Waals surface area contributed by atoms with Crippen molar-refractivity contribution in [2.75, 3.05) is 6.54 Å². The van der Waals surface area contributed by atoms with Crippen LogP contribution in [-0.2, 0) is 0 Å².